The van der Waals surface area contributed by atoms with Gasteiger partial charge >= 0.3 is 0 Å². The molecule has 3 heterocycles. The van der Waals surface area contributed by atoms with Crippen LogP contribution in [-0.4, -0.2) is 106 Å². The van der Waals surface area contributed by atoms with E-state index in [4.69, 9.17) is 18.9 Å². The maximum Gasteiger partial charge on any atom is 0.262 e. The van der Waals surface area contributed by atoms with Crippen molar-refractivity contribution in [1.82, 2.24) is 10.2 Å². The van der Waals surface area contributed by atoms with Crippen LogP contribution in [0, 0.1) is 5.92 Å². The Morgan fingerprint density at radius 3 is 2.11 bits per heavy atom. The van der Waals surface area contributed by atoms with Gasteiger partial charge in [-0.1, -0.05) is 50.9 Å². The summed E-state index contributed by atoms with van der Waals surface area (Å²) in [6.45, 7) is 3.06. The Kier molecular flexibility index (Phi) is 9.06. The molecule has 37 heavy (non-hydrogen) atoms. The van der Waals surface area contributed by atoms with Gasteiger partial charge in [0.05, 0.1) is 29.4 Å². The Balaban J connectivity index is 1.68. The lowest BCUT2D eigenvalue weighted by Crippen LogP contribution is -2.68. The van der Waals surface area contributed by atoms with Crippen molar-refractivity contribution in [1.29, 1.82) is 0 Å². The molecule has 0 aromatic heterocycles. The second-order valence-electron chi connectivity index (χ2n) is 9.31. The second kappa shape index (κ2) is 11.7. The van der Waals surface area contributed by atoms with E-state index in [9.17, 15) is 24.6 Å². The molecule has 2 fully saturated rings. The minimum absolute atomic E-state index is 0.224. The van der Waals surface area contributed by atoms with E-state index in [0.717, 1.165) is 4.90 Å². The largest absolute Gasteiger partial charge is 0.390 e. The molecule has 3 amide bonds. The van der Waals surface area contributed by atoms with Gasteiger partial charge in [0.25, 0.3) is 11.8 Å². The van der Waals surface area contributed by atoms with Gasteiger partial charge in [-0.15, -0.1) is 0 Å². The quantitative estimate of drug-likeness (QED) is 0.288. The first-order valence-corrected chi connectivity index (χ1v) is 14.1. The van der Waals surface area contributed by atoms with Crippen molar-refractivity contribution in [2.45, 2.75) is 69.0 Å². The molecule has 2 saturated heterocycles. The number of rotatable bonds is 7. The molecule has 11 nitrogen and oxygen atoms in total. The number of ether oxygens (including phenoxy) is 4. The Bertz CT molecular complexity index is 995. The van der Waals surface area contributed by atoms with E-state index in [1.165, 1.54) is 14.0 Å². The molecular formula is C24H30Br2N2O9. The molecule has 3 N–H and O–H groups in total. The van der Waals surface area contributed by atoms with Crippen molar-refractivity contribution in [3.8, 4) is 0 Å². The van der Waals surface area contributed by atoms with Crippen molar-refractivity contribution >= 4 is 49.6 Å². The van der Waals surface area contributed by atoms with Gasteiger partial charge in [0.2, 0.25) is 5.91 Å². The molecule has 3 aliphatic rings. The maximum absolute atomic E-state index is 13.3. The molecule has 0 saturated carbocycles. The molecule has 3 aliphatic heterocycles. The summed E-state index contributed by atoms with van der Waals surface area (Å²) in [6, 6.07) is 4.23. The second-order valence-corrected chi connectivity index (χ2v) is 10.6. The number of amides is 3. The normalized spacial score (nSPS) is 38.0. The van der Waals surface area contributed by atoms with E-state index in [2.05, 4.69) is 37.2 Å². The van der Waals surface area contributed by atoms with Crippen molar-refractivity contribution < 1.29 is 43.5 Å². The SMILES string of the molecule is COC1OC(CBr)C(OC2OC(CBr)C(C)C(O)C2N2C(=O)c3ccccc3C2=O)C(O)C1NC(C)=O. The third-order valence-electron chi connectivity index (χ3n) is 7.06. The fourth-order valence-electron chi connectivity index (χ4n) is 5.07. The lowest BCUT2D eigenvalue weighted by molar-refractivity contribution is -0.320. The zero-order valence-electron chi connectivity index (χ0n) is 20.5. The number of nitrogens with zero attached hydrogens (tertiary/aromatic N) is 1. The van der Waals surface area contributed by atoms with E-state index < -0.39 is 78.8 Å². The van der Waals surface area contributed by atoms with Crippen molar-refractivity contribution in [2.24, 2.45) is 5.92 Å². The standard InChI is InChI=1S/C24H30Br2N2O9/c1-10-14(8-25)35-24(17(18(10)30)28-21(32)12-6-4-5-7-13(12)22(28)33)37-20-15(9-26)36-23(34-3)16(19(20)31)27-11(2)29/h4-7,10,14-20,23-24,30-31H,8-9H2,1-3H3,(H,27,29). The van der Waals surface area contributed by atoms with Crippen LogP contribution in [0.25, 0.3) is 0 Å². The zero-order valence-corrected chi connectivity index (χ0v) is 23.6. The number of hydrogen-bond donors (Lipinski definition) is 3. The molecule has 10 unspecified atom stereocenters. The van der Waals surface area contributed by atoms with Crippen LogP contribution in [0.15, 0.2) is 24.3 Å². The van der Waals surface area contributed by atoms with Crippen molar-refractivity contribution in [3.05, 3.63) is 35.4 Å². The smallest absolute Gasteiger partial charge is 0.262 e. The number of methoxy groups -OCH3 is 1. The Morgan fingerprint density at radius 1 is 1.03 bits per heavy atom. The average Bonchev–Trinajstić information content (AvgIpc) is 3.13. The third kappa shape index (κ3) is 5.24. The van der Waals surface area contributed by atoms with E-state index >= 15 is 0 Å². The van der Waals surface area contributed by atoms with E-state index in [0.29, 0.717) is 5.33 Å². The number of carbonyl (C=O) groups is 3. The number of benzene rings is 1. The minimum atomic E-state index is -1.31. The van der Waals surface area contributed by atoms with E-state index in [1.807, 2.05) is 0 Å². The van der Waals surface area contributed by atoms with Crippen LogP contribution in [0.1, 0.15) is 34.6 Å². The number of nitrogens with one attached hydrogen (secondary N) is 1. The number of aliphatic hydroxyl groups excluding tert-OH is 2. The summed E-state index contributed by atoms with van der Waals surface area (Å²) < 4.78 is 23.7. The number of aliphatic hydroxyl groups is 2. The number of hydrogen-bond acceptors (Lipinski definition) is 9. The van der Waals surface area contributed by atoms with E-state index in [-0.39, 0.29) is 16.5 Å². The van der Waals surface area contributed by atoms with Gasteiger partial charge in [-0.3, -0.25) is 19.3 Å². The van der Waals surface area contributed by atoms with Crippen molar-refractivity contribution in [3.63, 3.8) is 0 Å². The lowest BCUT2D eigenvalue weighted by Gasteiger charge is -2.49. The van der Waals surface area contributed by atoms with Crippen LogP contribution in [0.3, 0.4) is 0 Å². The fraction of sp³-hybridized carbons (Fsp3) is 0.625. The molecule has 1 aromatic carbocycles. The summed E-state index contributed by atoms with van der Waals surface area (Å²) in [5.41, 5.74) is 0.448. The Hall–Kier alpha value is -1.45. The first-order chi connectivity index (χ1) is 17.6. The number of fused-ring (bicyclic) bond motifs is 1. The molecule has 1 aromatic rings. The van der Waals surface area contributed by atoms with E-state index in [1.54, 1.807) is 31.2 Å². The molecule has 13 heteroatoms. The van der Waals surface area contributed by atoms with Crippen LogP contribution < -0.4 is 5.32 Å². The van der Waals surface area contributed by atoms with Crippen LogP contribution in [0.2, 0.25) is 0 Å². The van der Waals surface area contributed by atoms with Gasteiger partial charge in [-0.25, -0.2) is 0 Å². The Morgan fingerprint density at radius 2 is 1.59 bits per heavy atom. The van der Waals surface area contributed by atoms with Crippen LogP contribution >= 0.6 is 31.9 Å². The predicted octanol–water partition coefficient (Wildman–Crippen LogP) is 0.785. The molecule has 0 spiro atoms. The average molecular weight is 650 g/mol. The summed E-state index contributed by atoms with van der Waals surface area (Å²) >= 11 is 6.75. The van der Waals surface area contributed by atoms with Gasteiger partial charge < -0.3 is 34.5 Å². The highest BCUT2D eigenvalue weighted by molar-refractivity contribution is 9.09. The number of imide groups is 1. The van der Waals surface area contributed by atoms with Gasteiger partial charge in [0.1, 0.15) is 24.3 Å². The van der Waals surface area contributed by atoms with Gasteiger partial charge in [-0.2, -0.15) is 0 Å². The monoisotopic (exact) mass is 648 g/mol. The number of alkyl halides is 2. The lowest BCUT2D eigenvalue weighted by atomic mass is 9.88. The van der Waals surface area contributed by atoms with Gasteiger partial charge in [-0.05, 0) is 12.1 Å². The molecule has 204 valence electrons. The molecule has 0 radical (unpaired) electrons. The zero-order chi connectivity index (χ0) is 27.0. The highest BCUT2D eigenvalue weighted by Crippen LogP contribution is 2.37. The van der Waals surface area contributed by atoms with Crippen LogP contribution in [-0.2, 0) is 23.7 Å². The molecule has 4 rings (SSSR count). The molecular weight excluding hydrogens is 620 g/mol. The fourth-order valence-corrected chi connectivity index (χ4v) is 6.33. The topological polar surface area (TPSA) is 144 Å². The maximum atomic E-state index is 13.3. The first kappa shape index (κ1) is 28.6. The summed E-state index contributed by atoms with van der Waals surface area (Å²) in [5.74, 6) is -2.01. The van der Waals surface area contributed by atoms with Gasteiger partial charge in [0, 0.05) is 30.6 Å². The van der Waals surface area contributed by atoms with Crippen LogP contribution in [0.4, 0.5) is 0 Å². The molecule has 0 bridgehead atoms. The Labute approximate surface area is 231 Å². The predicted molar refractivity (Wildman–Crippen MR) is 136 cm³/mol. The third-order valence-corrected chi connectivity index (χ3v) is 8.33. The minimum Gasteiger partial charge on any atom is -0.390 e. The summed E-state index contributed by atoms with van der Waals surface area (Å²) in [6.07, 6.45) is -7.12. The first-order valence-electron chi connectivity index (χ1n) is 11.9. The molecule has 0 aliphatic carbocycles. The van der Waals surface area contributed by atoms with Gasteiger partial charge in [0.15, 0.2) is 12.6 Å². The molecule has 10 atom stereocenters. The highest BCUT2D eigenvalue weighted by atomic mass is 79.9. The highest BCUT2D eigenvalue weighted by Gasteiger charge is 2.55. The number of carbonyl (C=O) groups excluding carboxylic acids is 3. The summed E-state index contributed by atoms with van der Waals surface area (Å²) in [5, 5.41) is 25.8. The number of halogens is 2. The summed E-state index contributed by atoms with van der Waals surface area (Å²) in [7, 11) is 1.39. The van der Waals surface area contributed by atoms with Crippen molar-refractivity contribution in [2.75, 3.05) is 17.8 Å². The summed E-state index contributed by atoms with van der Waals surface area (Å²) in [4.78, 5) is 39.4. The van der Waals surface area contributed by atoms with Crippen LogP contribution in [0.5, 0.6) is 0 Å².